The van der Waals surface area contributed by atoms with Crippen LogP contribution in [0.1, 0.15) is 24.9 Å². The lowest BCUT2D eigenvalue weighted by atomic mass is 9.56. The summed E-state index contributed by atoms with van der Waals surface area (Å²) >= 11 is 6.07. The Morgan fingerprint density at radius 3 is 2.52 bits per heavy atom. The molecule has 12 heteroatoms. The average molecular weight is 641 g/mol. The molecule has 4 heterocycles. The van der Waals surface area contributed by atoms with Crippen LogP contribution in [0.25, 0.3) is 5.69 Å². The third-order valence-electron chi connectivity index (χ3n) is 9.86. The van der Waals surface area contributed by atoms with Crippen molar-refractivity contribution in [3.05, 3.63) is 128 Å². The Kier molecular flexibility index (Phi) is 6.11. The normalized spacial score (nSPS) is 24.8. The van der Waals surface area contributed by atoms with Crippen LogP contribution in [-0.4, -0.2) is 30.9 Å². The predicted octanol–water partition coefficient (Wildman–Crippen LogP) is 4.51. The van der Waals surface area contributed by atoms with Crippen LogP contribution in [-0.2, 0) is 22.6 Å². The first kappa shape index (κ1) is 28.3. The molecule has 1 saturated heterocycles. The molecule has 10 nitrogen and oxygen atoms in total. The highest BCUT2D eigenvalue weighted by Crippen LogP contribution is 2.60. The van der Waals surface area contributed by atoms with Crippen molar-refractivity contribution in [3.8, 4) is 17.2 Å². The summed E-state index contributed by atoms with van der Waals surface area (Å²) in [5.74, 6) is -2.73. The van der Waals surface area contributed by atoms with Crippen molar-refractivity contribution in [1.29, 1.82) is 0 Å². The molecule has 4 atom stereocenters. The van der Waals surface area contributed by atoms with E-state index in [0.717, 1.165) is 15.5 Å². The molecule has 0 radical (unpaired) electrons. The number of carbonyl (C=O) groups is 2. The number of benzene rings is 3. The van der Waals surface area contributed by atoms with Gasteiger partial charge in [0.05, 0.1) is 46.6 Å². The van der Waals surface area contributed by atoms with E-state index in [9.17, 15) is 28.7 Å². The first-order valence-corrected chi connectivity index (χ1v) is 15.2. The molecule has 0 spiro atoms. The fourth-order valence-corrected chi connectivity index (χ4v) is 7.95. The summed E-state index contributed by atoms with van der Waals surface area (Å²) in [5.41, 5.74) is 0.225. The van der Waals surface area contributed by atoms with E-state index in [1.165, 1.54) is 27.6 Å². The number of hydrogen-bond donors (Lipinski definition) is 1. The van der Waals surface area contributed by atoms with Gasteiger partial charge in [-0.25, -0.2) is 32.8 Å². The van der Waals surface area contributed by atoms with Crippen molar-refractivity contribution < 1.29 is 23.8 Å². The van der Waals surface area contributed by atoms with E-state index >= 15 is 0 Å². The van der Waals surface area contributed by atoms with Crippen molar-refractivity contribution in [2.75, 3.05) is 4.90 Å². The predicted molar refractivity (Wildman–Crippen MR) is 166 cm³/mol. The van der Waals surface area contributed by atoms with Crippen LogP contribution in [0.3, 0.4) is 0 Å². The minimum absolute atomic E-state index is 0.0513. The molecule has 46 heavy (non-hydrogen) atoms. The molecule has 8 rings (SSSR count). The smallest absolute Gasteiger partial charge is 0.352 e. The number of allylic oxidation sites excluding steroid dienone is 3. The van der Waals surface area contributed by atoms with Crippen molar-refractivity contribution in [2.45, 2.75) is 32.4 Å². The van der Waals surface area contributed by atoms with Crippen LogP contribution in [0.15, 0.2) is 99.8 Å². The molecule has 1 N–H and O–H groups in total. The van der Waals surface area contributed by atoms with Crippen molar-refractivity contribution >= 4 is 29.1 Å². The van der Waals surface area contributed by atoms with Gasteiger partial charge in [0.1, 0.15) is 17.3 Å². The van der Waals surface area contributed by atoms with Crippen LogP contribution in [0.2, 0.25) is 5.02 Å². The van der Waals surface area contributed by atoms with Crippen molar-refractivity contribution in [1.82, 2.24) is 13.9 Å². The maximum Gasteiger partial charge on any atom is 0.352 e. The van der Waals surface area contributed by atoms with Crippen LogP contribution < -0.4 is 21.0 Å². The van der Waals surface area contributed by atoms with Gasteiger partial charge in [-0.1, -0.05) is 35.9 Å². The highest BCUT2D eigenvalue weighted by atomic mass is 35.5. The number of halogens is 2. The second-order valence-corrected chi connectivity index (χ2v) is 12.7. The summed E-state index contributed by atoms with van der Waals surface area (Å²) in [4.78, 5) is 57.6. The summed E-state index contributed by atoms with van der Waals surface area (Å²) < 4.78 is 24.0. The maximum absolute atomic E-state index is 14.6. The molecule has 0 bridgehead atoms. The number of imide groups is 1. The van der Waals surface area contributed by atoms with Gasteiger partial charge < -0.3 is 9.84 Å². The minimum Gasteiger partial charge on any atom is -0.508 e. The van der Waals surface area contributed by atoms with E-state index in [4.69, 9.17) is 16.3 Å². The zero-order valence-electron chi connectivity index (χ0n) is 24.4. The average Bonchev–Trinajstić information content (AvgIpc) is 3.42. The Bertz CT molecular complexity index is 2180. The third kappa shape index (κ3) is 3.81. The molecule has 1 aromatic heterocycles. The number of rotatable bonds is 3. The Balaban J connectivity index is 1.31. The second-order valence-electron chi connectivity index (χ2n) is 12.2. The zero-order valence-corrected chi connectivity index (χ0v) is 25.1. The van der Waals surface area contributed by atoms with E-state index in [0.29, 0.717) is 34.6 Å². The Morgan fingerprint density at radius 2 is 1.76 bits per heavy atom. The number of fused-ring (bicyclic) bond motifs is 5. The van der Waals surface area contributed by atoms with Crippen molar-refractivity contribution in [3.63, 3.8) is 0 Å². The second kappa shape index (κ2) is 9.92. The third-order valence-corrected chi connectivity index (χ3v) is 10.1. The Labute approximate surface area is 265 Å². The first-order valence-electron chi connectivity index (χ1n) is 14.8. The summed E-state index contributed by atoms with van der Waals surface area (Å²) in [7, 11) is 0. The molecule has 2 amide bonds. The number of hydrogen-bond acceptors (Lipinski definition) is 6. The standard InChI is InChI=1S/C34H26ClFN4O6/c1-34-24(30(42)38(31(34)43)21-7-9-26(36)25(35)15-21)16-27-23(29(34)19-13-18-14-22(41)8-10-28(18)46-17-19)11-12-37-32(44)39(33(45)40(27)37)20-5-3-2-4-6-20/h2-11,14-15,17,24,27,29,41H,12-13,16H2,1H3/t24-,27+,29-,34+/m0/s1. The SMILES string of the molecule is C[C@@]12C(=O)N(c3ccc(F)c(Cl)c3)C(=O)[C@@H]1C[C@@H]1C(=CCn3c(=O)n(-c4ccccc4)c(=O)n31)[C@@H]2C1=COc2ccc(O)cc2C1. The lowest BCUT2D eigenvalue weighted by molar-refractivity contribution is -0.130. The largest absolute Gasteiger partial charge is 0.508 e. The summed E-state index contributed by atoms with van der Waals surface area (Å²) in [6.07, 6.45) is 3.81. The van der Waals surface area contributed by atoms with Crippen molar-refractivity contribution in [2.24, 2.45) is 17.3 Å². The number of phenols is 1. The number of nitrogens with zero attached hydrogens (tertiary/aromatic N) is 4. The molecule has 1 saturated carbocycles. The molecule has 4 aromatic rings. The highest BCUT2D eigenvalue weighted by Gasteiger charge is 2.66. The molecule has 3 aromatic carbocycles. The molecular weight excluding hydrogens is 615 g/mol. The van der Waals surface area contributed by atoms with Crippen LogP contribution >= 0.6 is 11.6 Å². The number of amides is 2. The van der Waals surface area contributed by atoms with E-state index in [1.54, 1.807) is 55.7 Å². The lowest BCUT2D eigenvalue weighted by Gasteiger charge is -2.48. The Hall–Kier alpha value is -5.16. The van der Waals surface area contributed by atoms with Gasteiger partial charge in [0.15, 0.2) is 0 Å². The van der Waals surface area contributed by atoms with Crippen LogP contribution in [0.5, 0.6) is 11.5 Å². The first-order chi connectivity index (χ1) is 22.1. The fourth-order valence-electron chi connectivity index (χ4n) is 7.78. The van der Waals surface area contributed by atoms with Gasteiger partial charge >= 0.3 is 11.4 Å². The lowest BCUT2D eigenvalue weighted by Crippen LogP contribution is -2.51. The summed E-state index contributed by atoms with van der Waals surface area (Å²) in [6.45, 7) is 1.81. The van der Waals surface area contributed by atoms with Gasteiger partial charge in [-0.2, -0.15) is 0 Å². The molecule has 1 aliphatic carbocycles. The molecule has 3 aliphatic heterocycles. The van der Waals surface area contributed by atoms with E-state index in [1.807, 2.05) is 6.08 Å². The topological polar surface area (TPSA) is 116 Å². The van der Waals surface area contributed by atoms with Gasteiger partial charge in [-0.3, -0.25) is 9.59 Å². The fraction of sp³-hybridized carbons (Fsp3) is 0.235. The molecule has 232 valence electrons. The van der Waals surface area contributed by atoms with Crippen LogP contribution in [0.4, 0.5) is 10.1 Å². The highest BCUT2D eigenvalue weighted by molar-refractivity contribution is 6.31. The molecule has 4 aliphatic rings. The maximum atomic E-state index is 14.6. The zero-order chi connectivity index (χ0) is 32.1. The molecule has 0 unspecified atom stereocenters. The number of aromatic nitrogens is 3. The van der Waals surface area contributed by atoms with Crippen LogP contribution in [0, 0.1) is 23.1 Å². The molecular formula is C34H26ClFN4O6. The summed E-state index contributed by atoms with van der Waals surface area (Å²) in [6, 6.07) is 16.3. The van der Waals surface area contributed by atoms with Gasteiger partial charge in [0.25, 0.3) is 0 Å². The number of phenolic OH excluding ortho intramolecular Hbond substituents is 1. The van der Waals surface area contributed by atoms with E-state index in [2.05, 4.69) is 0 Å². The number of carbonyl (C=O) groups excluding carboxylic acids is 2. The number of ether oxygens (including phenoxy) is 1. The van der Waals surface area contributed by atoms with Gasteiger partial charge in [0.2, 0.25) is 11.8 Å². The monoisotopic (exact) mass is 640 g/mol. The number of anilines is 1. The minimum atomic E-state index is -1.34. The van der Waals surface area contributed by atoms with E-state index < -0.39 is 52.3 Å². The Morgan fingerprint density at radius 1 is 0.978 bits per heavy atom. The van der Waals surface area contributed by atoms with Gasteiger partial charge in [-0.15, -0.1) is 0 Å². The van der Waals surface area contributed by atoms with Gasteiger partial charge in [0, 0.05) is 17.9 Å². The van der Waals surface area contributed by atoms with E-state index in [-0.39, 0.29) is 29.4 Å². The molecule has 2 fully saturated rings. The summed E-state index contributed by atoms with van der Waals surface area (Å²) in [5, 5.41) is 9.98. The quantitative estimate of drug-likeness (QED) is 0.260. The number of para-hydroxylation sites is 1. The van der Waals surface area contributed by atoms with Gasteiger partial charge in [-0.05, 0) is 73.0 Å². The number of aromatic hydroxyl groups is 1.